The number of aromatic nitrogens is 2. The second-order valence-corrected chi connectivity index (χ2v) is 5.58. The fourth-order valence-corrected chi connectivity index (χ4v) is 2.06. The van der Waals surface area contributed by atoms with Gasteiger partial charge in [0.25, 0.3) is 5.56 Å². The number of anilines is 1. The van der Waals surface area contributed by atoms with E-state index in [2.05, 4.69) is 17.3 Å². The number of hydrogen-bond acceptors (Lipinski definition) is 4. The molecule has 1 aromatic rings. The lowest BCUT2D eigenvalue weighted by Gasteiger charge is -2.10. The molecule has 0 aliphatic heterocycles. The summed E-state index contributed by atoms with van der Waals surface area (Å²) in [7, 11) is 0. The van der Waals surface area contributed by atoms with Gasteiger partial charge in [-0.05, 0) is 25.2 Å². The Bertz CT molecular complexity index is 486. The van der Waals surface area contributed by atoms with Gasteiger partial charge in [0.1, 0.15) is 5.02 Å². The molecule has 2 rings (SSSR count). The van der Waals surface area contributed by atoms with Crippen LogP contribution in [0.4, 0.5) is 5.69 Å². The molecule has 1 aliphatic carbocycles. The molecule has 0 atom stereocenters. The van der Waals surface area contributed by atoms with Crippen molar-refractivity contribution in [3.8, 4) is 0 Å². The minimum Gasteiger partial charge on any atom is -0.380 e. The lowest BCUT2D eigenvalue weighted by atomic mass is 10.3. The van der Waals surface area contributed by atoms with Crippen LogP contribution in [-0.4, -0.2) is 29.5 Å². The Morgan fingerprint density at radius 2 is 2.35 bits per heavy atom. The summed E-state index contributed by atoms with van der Waals surface area (Å²) in [4.78, 5) is 12.0. The monoisotopic (exact) mass is 299 g/mol. The first-order valence-electron chi connectivity index (χ1n) is 7.29. The maximum absolute atomic E-state index is 12.0. The van der Waals surface area contributed by atoms with Crippen molar-refractivity contribution in [3.05, 3.63) is 21.6 Å². The Hall–Kier alpha value is -1.07. The number of nitrogens with one attached hydrogen (secondary N) is 1. The predicted molar refractivity (Wildman–Crippen MR) is 80.4 cm³/mol. The first-order chi connectivity index (χ1) is 9.72. The summed E-state index contributed by atoms with van der Waals surface area (Å²) in [6.07, 6.45) is 6.13. The predicted octanol–water partition coefficient (Wildman–Crippen LogP) is 2.54. The van der Waals surface area contributed by atoms with Crippen molar-refractivity contribution in [3.63, 3.8) is 0 Å². The van der Waals surface area contributed by atoms with Crippen LogP contribution in [0.15, 0.2) is 11.0 Å². The van der Waals surface area contributed by atoms with E-state index < -0.39 is 0 Å². The highest BCUT2D eigenvalue weighted by atomic mass is 35.5. The van der Waals surface area contributed by atoms with Gasteiger partial charge in [0.05, 0.1) is 18.5 Å². The second kappa shape index (κ2) is 7.64. The molecular weight excluding hydrogens is 278 g/mol. The van der Waals surface area contributed by atoms with Crippen molar-refractivity contribution >= 4 is 17.3 Å². The number of unbranched alkanes of at least 4 members (excludes halogenated alkanes) is 1. The van der Waals surface area contributed by atoms with Gasteiger partial charge in [-0.1, -0.05) is 24.9 Å². The molecule has 5 nitrogen and oxygen atoms in total. The van der Waals surface area contributed by atoms with Gasteiger partial charge in [0.15, 0.2) is 0 Å². The molecule has 20 heavy (non-hydrogen) atoms. The van der Waals surface area contributed by atoms with E-state index in [1.54, 1.807) is 6.20 Å². The highest BCUT2D eigenvalue weighted by Crippen LogP contribution is 2.28. The number of halogens is 1. The Kier molecular flexibility index (Phi) is 5.86. The van der Waals surface area contributed by atoms with Gasteiger partial charge in [-0.3, -0.25) is 4.79 Å². The third kappa shape index (κ3) is 4.49. The van der Waals surface area contributed by atoms with E-state index >= 15 is 0 Å². The lowest BCUT2D eigenvalue weighted by molar-refractivity contribution is 0.134. The van der Waals surface area contributed by atoms with E-state index in [4.69, 9.17) is 16.3 Å². The Labute approximate surface area is 124 Å². The zero-order chi connectivity index (χ0) is 14.4. The largest absolute Gasteiger partial charge is 0.380 e. The molecular formula is C14H22ClN3O2. The second-order valence-electron chi connectivity index (χ2n) is 5.20. The van der Waals surface area contributed by atoms with Crippen LogP contribution >= 0.6 is 11.6 Å². The first-order valence-corrected chi connectivity index (χ1v) is 7.67. The molecule has 0 aromatic carbocycles. The topological polar surface area (TPSA) is 56.1 Å². The summed E-state index contributed by atoms with van der Waals surface area (Å²) in [6.45, 7) is 4.77. The summed E-state index contributed by atoms with van der Waals surface area (Å²) >= 11 is 6.07. The summed E-state index contributed by atoms with van der Waals surface area (Å²) in [6, 6.07) is 0. The van der Waals surface area contributed by atoms with Crippen LogP contribution in [0.3, 0.4) is 0 Å². The van der Waals surface area contributed by atoms with Gasteiger partial charge >= 0.3 is 0 Å². The minimum absolute atomic E-state index is 0.207. The van der Waals surface area contributed by atoms with Gasteiger partial charge in [0.2, 0.25) is 0 Å². The summed E-state index contributed by atoms with van der Waals surface area (Å²) < 4.78 is 6.93. The maximum Gasteiger partial charge on any atom is 0.287 e. The molecule has 0 radical (unpaired) electrons. The van der Waals surface area contributed by atoms with E-state index in [0.29, 0.717) is 25.4 Å². The Morgan fingerprint density at radius 3 is 3.05 bits per heavy atom. The SMILES string of the molecule is CCCCn1ncc(NCCOCC2CC2)c(Cl)c1=O. The molecule has 1 aliphatic rings. The Morgan fingerprint density at radius 1 is 1.55 bits per heavy atom. The van der Waals surface area contributed by atoms with E-state index in [1.165, 1.54) is 17.5 Å². The average molecular weight is 300 g/mol. The molecule has 1 saturated carbocycles. The van der Waals surface area contributed by atoms with Gasteiger partial charge in [-0.2, -0.15) is 5.10 Å². The number of hydrogen-bond donors (Lipinski definition) is 1. The highest BCUT2D eigenvalue weighted by molar-refractivity contribution is 6.32. The van der Waals surface area contributed by atoms with E-state index in [1.807, 2.05) is 0 Å². The maximum atomic E-state index is 12.0. The van der Waals surface area contributed by atoms with E-state index in [-0.39, 0.29) is 10.6 Å². The van der Waals surface area contributed by atoms with Crippen LogP contribution in [-0.2, 0) is 11.3 Å². The third-order valence-corrected chi connectivity index (χ3v) is 3.69. The molecule has 0 bridgehead atoms. The van der Waals surface area contributed by atoms with Crippen molar-refractivity contribution in [1.29, 1.82) is 0 Å². The zero-order valence-electron chi connectivity index (χ0n) is 11.9. The summed E-state index contributed by atoms with van der Waals surface area (Å²) in [5.41, 5.74) is 0.350. The number of nitrogens with zero attached hydrogens (tertiary/aromatic N) is 2. The molecule has 1 heterocycles. The summed E-state index contributed by atoms with van der Waals surface area (Å²) in [5, 5.41) is 7.44. The first kappa shape index (κ1) is 15.3. The fraction of sp³-hybridized carbons (Fsp3) is 0.714. The van der Waals surface area contributed by atoms with Crippen molar-refractivity contribution in [2.45, 2.75) is 39.2 Å². The molecule has 0 spiro atoms. The van der Waals surface area contributed by atoms with Crippen LogP contribution in [0.2, 0.25) is 5.02 Å². The molecule has 1 N–H and O–H groups in total. The normalized spacial score (nSPS) is 14.5. The van der Waals surface area contributed by atoms with Crippen molar-refractivity contribution in [1.82, 2.24) is 9.78 Å². The van der Waals surface area contributed by atoms with Gasteiger partial charge < -0.3 is 10.1 Å². The molecule has 1 aromatic heterocycles. The molecule has 0 unspecified atom stereocenters. The van der Waals surface area contributed by atoms with Gasteiger partial charge in [-0.25, -0.2) is 4.68 Å². The van der Waals surface area contributed by atoms with Crippen molar-refractivity contribution in [2.24, 2.45) is 5.92 Å². The smallest absolute Gasteiger partial charge is 0.287 e. The molecule has 0 amide bonds. The number of ether oxygens (including phenoxy) is 1. The van der Waals surface area contributed by atoms with Gasteiger partial charge in [0, 0.05) is 19.7 Å². The van der Waals surface area contributed by atoms with Crippen LogP contribution in [0, 0.1) is 5.92 Å². The number of aryl methyl sites for hydroxylation is 1. The summed E-state index contributed by atoms with van der Waals surface area (Å²) in [5.74, 6) is 0.766. The minimum atomic E-state index is -0.232. The van der Waals surface area contributed by atoms with Gasteiger partial charge in [-0.15, -0.1) is 0 Å². The number of rotatable bonds is 9. The van der Waals surface area contributed by atoms with E-state index in [0.717, 1.165) is 25.4 Å². The average Bonchev–Trinajstić information content (AvgIpc) is 3.26. The zero-order valence-corrected chi connectivity index (χ0v) is 12.7. The fourth-order valence-electron chi connectivity index (χ4n) is 1.85. The third-order valence-electron chi connectivity index (χ3n) is 3.32. The molecule has 0 saturated heterocycles. The molecule has 112 valence electrons. The Balaban J connectivity index is 1.81. The molecule has 6 heteroatoms. The lowest BCUT2D eigenvalue weighted by Crippen LogP contribution is -2.25. The van der Waals surface area contributed by atoms with Crippen molar-refractivity contribution in [2.75, 3.05) is 25.1 Å². The molecule has 1 fully saturated rings. The van der Waals surface area contributed by atoms with Crippen LogP contribution in [0.25, 0.3) is 0 Å². The van der Waals surface area contributed by atoms with Crippen LogP contribution < -0.4 is 10.9 Å². The standard InChI is InChI=1S/C14H22ClN3O2/c1-2-3-7-18-14(19)13(15)12(9-17-18)16-6-8-20-10-11-4-5-11/h9,11,16H,2-8,10H2,1H3. The van der Waals surface area contributed by atoms with Crippen LogP contribution in [0.1, 0.15) is 32.6 Å². The van der Waals surface area contributed by atoms with Crippen molar-refractivity contribution < 1.29 is 4.74 Å². The van der Waals surface area contributed by atoms with Crippen LogP contribution in [0.5, 0.6) is 0 Å². The van der Waals surface area contributed by atoms with E-state index in [9.17, 15) is 4.79 Å². The quantitative estimate of drug-likeness (QED) is 0.712. The highest BCUT2D eigenvalue weighted by Gasteiger charge is 2.20.